The van der Waals surface area contributed by atoms with E-state index >= 15 is 0 Å². The van der Waals surface area contributed by atoms with Gasteiger partial charge in [0.1, 0.15) is 0 Å². The lowest BCUT2D eigenvalue weighted by Gasteiger charge is -2.13. The average molecular weight is 423 g/mol. The molecule has 1 amide bonds. The highest BCUT2D eigenvalue weighted by molar-refractivity contribution is 6.02. The number of alkyl halides is 2. The van der Waals surface area contributed by atoms with Crippen LogP contribution in [-0.2, 0) is 4.79 Å². The van der Waals surface area contributed by atoms with Crippen molar-refractivity contribution in [2.24, 2.45) is 5.92 Å². The molecule has 1 saturated carbocycles. The minimum atomic E-state index is -3.73. The number of amides is 1. The second-order valence-corrected chi connectivity index (χ2v) is 7.01. The zero-order valence-corrected chi connectivity index (χ0v) is 15.6. The van der Waals surface area contributed by atoms with Crippen LogP contribution in [0.2, 0.25) is 0 Å². The van der Waals surface area contributed by atoms with Crippen LogP contribution in [0.25, 0.3) is 6.08 Å². The third-order valence-electron chi connectivity index (χ3n) is 4.63. The molecule has 0 unspecified atom stereocenters. The third kappa shape index (κ3) is 4.67. The molecule has 0 saturated heterocycles. The van der Waals surface area contributed by atoms with Crippen LogP contribution in [0.5, 0.6) is 17.2 Å². The summed E-state index contributed by atoms with van der Waals surface area (Å²) in [5.41, 5.74) is 0.390. The fourth-order valence-electron chi connectivity index (χ4n) is 2.92. The average Bonchev–Trinajstić information content (AvgIpc) is 3.45. The maximum absolute atomic E-state index is 14.1. The maximum Gasteiger partial charge on any atom is 0.586 e. The molecule has 1 aliphatic heterocycles. The largest absolute Gasteiger partial charge is 0.586 e. The molecule has 2 aliphatic rings. The van der Waals surface area contributed by atoms with Gasteiger partial charge in [-0.25, -0.2) is 4.39 Å². The second-order valence-electron chi connectivity index (χ2n) is 7.01. The summed E-state index contributed by atoms with van der Waals surface area (Å²) >= 11 is 0. The van der Waals surface area contributed by atoms with E-state index in [1.54, 1.807) is 0 Å². The van der Waals surface area contributed by atoms with E-state index in [2.05, 4.69) is 14.8 Å². The molecule has 1 heterocycles. The Bertz CT molecular complexity index is 1000. The summed E-state index contributed by atoms with van der Waals surface area (Å²) in [6, 6.07) is 6.12. The van der Waals surface area contributed by atoms with Crippen molar-refractivity contribution >= 4 is 17.7 Å². The topological polar surface area (TPSA) is 56.8 Å². The first-order chi connectivity index (χ1) is 14.3. The van der Waals surface area contributed by atoms with E-state index < -0.39 is 23.8 Å². The van der Waals surface area contributed by atoms with Crippen LogP contribution < -0.4 is 19.5 Å². The van der Waals surface area contributed by atoms with Gasteiger partial charge in [-0.15, -0.1) is 8.78 Å². The maximum atomic E-state index is 14.1. The zero-order chi connectivity index (χ0) is 21.3. The lowest BCUT2D eigenvalue weighted by Crippen LogP contribution is -2.25. The smallest absolute Gasteiger partial charge is 0.488 e. The first kappa shape index (κ1) is 20.1. The number of nitrogens with one attached hydrogen (secondary N) is 1. The van der Waals surface area contributed by atoms with Crippen LogP contribution in [0.1, 0.15) is 24.8 Å². The Morgan fingerprint density at radius 2 is 1.93 bits per heavy atom. The van der Waals surface area contributed by atoms with E-state index in [-0.39, 0.29) is 29.5 Å². The van der Waals surface area contributed by atoms with Crippen molar-refractivity contribution in [3.63, 3.8) is 0 Å². The molecule has 9 heteroatoms. The van der Waals surface area contributed by atoms with Crippen LogP contribution in [0.3, 0.4) is 0 Å². The minimum absolute atomic E-state index is 0.00956. The molecule has 158 valence electrons. The Balaban J connectivity index is 1.43. The van der Waals surface area contributed by atoms with Crippen molar-refractivity contribution in [1.29, 1.82) is 0 Å². The quantitative estimate of drug-likeness (QED) is 0.496. The molecule has 5 nitrogen and oxygen atoms in total. The summed E-state index contributed by atoms with van der Waals surface area (Å²) in [5, 5.41) is 2.43. The molecule has 1 N–H and O–H groups in total. The molecule has 0 atom stereocenters. The van der Waals surface area contributed by atoms with Gasteiger partial charge in [-0.2, -0.15) is 4.39 Å². The number of benzene rings is 2. The molecule has 0 aromatic heterocycles. The van der Waals surface area contributed by atoms with Crippen LogP contribution >= 0.6 is 0 Å². The molecule has 0 bridgehead atoms. The molecule has 2 aromatic rings. The number of rotatable bonds is 7. The lowest BCUT2D eigenvalue weighted by molar-refractivity contribution is -0.286. The molecule has 4 rings (SSSR count). The van der Waals surface area contributed by atoms with Gasteiger partial charge in [0.05, 0.1) is 12.3 Å². The van der Waals surface area contributed by atoms with E-state index in [9.17, 15) is 22.4 Å². The zero-order valence-electron chi connectivity index (χ0n) is 15.6. The first-order valence-electron chi connectivity index (χ1n) is 9.30. The van der Waals surface area contributed by atoms with Crippen molar-refractivity contribution in [1.82, 2.24) is 0 Å². The standard InChI is InChI=1S/C21H17F4NO4/c22-14-5-6-15(20(19(14)23)28-10-9-12-1-2-12)26-18(27)8-4-13-3-7-16-17(11-13)30-21(24,25)29-16/h3-8,11-12H,1-2,9-10H2,(H,26,27)/b8-4+. The van der Waals surface area contributed by atoms with Crippen molar-refractivity contribution in [2.45, 2.75) is 25.6 Å². The summed E-state index contributed by atoms with van der Waals surface area (Å²) in [7, 11) is 0. The molecule has 1 fully saturated rings. The van der Waals surface area contributed by atoms with E-state index in [0.29, 0.717) is 11.5 Å². The summed E-state index contributed by atoms with van der Waals surface area (Å²) in [5.74, 6) is -2.99. The van der Waals surface area contributed by atoms with Gasteiger partial charge in [0.15, 0.2) is 23.1 Å². The molecular weight excluding hydrogens is 406 g/mol. The van der Waals surface area contributed by atoms with Gasteiger partial charge in [-0.05, 0) is 48.2 Å². The SMILES string of the molecule is O=C(/C=C/c1ccc2c(c1)OC(F)(F)O2)Nc1ccc(F)c(F)c1OCCC1CC1. The Kier molecular flexibility index (Phi) is 5.27. The monoisotopic (exact) mass is 423 g/mol. The molecular formula is C21H17F4NO4. The number of fused-ring (bicyclic) bond motifs is 1. The van der Waals surface area contributed by atoms with Gasteiger partial charge >= 0.3 is 6.29 Å². The number of ether oxygens (including phenoxy) is 3. The highest BCUT2D eigenvalue weighted by Gasteiger charge is 2.43. The molecule has 0 spiro atoms. The van der Waals surface area contributed by atoms with Crippen LogP contribution in [0.4, 0.5) is 23.2 Å². The minimum Gasteiger partial charge on any atom is -0.488 e. The number of hydrogen-bond donors (Lipinski definition) is 1. The van der Waals surface area contributed by atoms with Crippen LogP contribution in [-0.4, -0.2) is 18.8 Å². The Labute approximate surface area is 169 Å². The van der Waals surface area contributed by atoms with E-state index in [4.69, 9.17) is 4.74 Å². The van der Waals surface area contributed by atoms with E-state index in [1.807, 2.05) is 0 Å². The fraction of sp³-hybridized carbons (Fsp3) is 0.286. The first-order valence-corrected chi connectivity index (χ1v) is 9.30. The predicted molar refractivity (Wildman–Crippen MR) is 99.5 cm³/mol. The van der Waals surface area contributed by atoms with Crippen molar-refractivity contribution in [3.8, 4) is 17.2 Å². The van der Waals surface area contributed by atoms with Gasteiger partial charge < -0.3 is 19.5 Å². The second kappa shape index (κ2) is 7.89. The Morgan fingerprint density at radius 1 is 1.17 bits per heavy atom. The molecule has 30 heavy (non-hydrogen) atoms. The van der Waals surface area contributed by atoms with Gasteiger partial charge in [-0.1, -0.05) is 18.9 Å². The number of anilines is 1. The number of hydrogen-bond acceptors (Lipinski definition) is 4. The number of carbonyl (C=O) groups excluding carboxylic acids is 1. The summed E-state index contributed by atoms with van der Waals surface area (Å²) < 4.78 is 67.9. The predicted octanol–water partition coefficient (Wildman–Crippen LogP) is 5.12. The number of halogens is 4. The van der Waals surface area contributed by atoms with Crippen molar-refractivity contribution in [2.75, 3.05) is 11.9 Å². The van der Waals surface area contributed by atoms with Crippen LogP contribution in [0.15, 0.2) is 36.4 Å². The lowest BCUT2D eigenvalue weighted by atomic mass is 10.2. The Morgan fingerprint density at radius 3 is 2.70 bits per heavy atom. The van der Waals surface area contributed by atoms with Gasteiger partial charge in [0.2, 0.25) is 11.7 Å². The van der Waals surface area contributed by atoms with Gasteiger partial charge in [0, 0.05) is 6.08 Å². The van der Waals surface area contributed by atoms with Gasteiger partial charge in [0.25, 0.3) is 0 Å². The van der Waals surface area contributed by atoms with Gasteiger partial charge in [-0.3, -0.25) is 4.79 Å². The highest BCUT2D eigenvalue weighted by Crippen LogP contribution is 2.41. The van der Waals surface area contributed by atoms with Crippen molar-refractivity contribution in [3.05, 3.63) is 53.6 Å². The summed E-state index contributed by atoms with van der Waals surface area (Å²) in [6.07, 6.45) is 1.66. The van der Waals surface area contributed by atoms with E-state index in [1.165, 1.54) is 30.3 Å². The molecule has 2 aromatic carbocycles. The van der Waals surface area contributed by atoms with E-state index in [0.717, 1.165) is 31.4 Å². The highest BCUT2D eigenvalue weighted by atomic mass is 19.3. The molecule has 1 aliphatic carbocycles. The normalized spacial score (nSPS) is 16.7. The fourth-order valence-corrected chi connectivity index (χ4v) is 2.92. The van der Waals surface area contributed by atoms with Crippen LogP contribution in [0, 0.1) is 17.6 Å². The summed E-state index contributed by atoms with van der Waals surface area (Å²) in [4.78, 5) is 12.2. The number of carbonyl (C=O) groups is 1. The van der Waals surface area contributed by atoms with Crippen molar-refractivity contribution < 1.29 is 36.6 Å². The Hall–Kier alpha value is -3.23. The third-order valence-corrected chi connectivity index (χ3v) is 4.63. The molecule has 0 radical (unpaired) electrons. The summed E-state index contributed by atoms with van der Waals surface area (Å²) in [6.45, 7) is 0.214.